The van der Waals surface area contributed by atoms with E-state index in [1.807, 2.05) is 46.9 Å². The number of piperidine rings is 1. The van der Waals surface area contributed by atoms with Gasteiger partial charge in [0.2, 0.25) is 5.95 Å². The number of anilines is 3. The largest absolute Gasteiger partial charge is 0.479 e. The Labute approximate surface area is 291 Å². The lowest BCUT2D eigenvalue weighted by atomic mass is 9.81. The summed E-state index contributed by atoms with van der Waals surface area (Å²) < 4.78 is 12.2. The number of carboxylic acid groups (broad SMARTS) is 1. The van der Waals surface area contributed by atoms with Crippen molar-refractivity contribution in [3.05, 3.63) is 58.5 Å². The third kappa shape index (κ3) is 7.70. The molecule has 0 saturated carbocycles. The molecule has 10 heteroatoms. The highest BCUT2D eigenvalue weighted by Gasteiger charge is 2.37. The second kappa shape index (κ2) is 13.5. The standard InChI is InChI=1S/C39H54N6O4/c1-24-21-45(22-25(2)48-24)31-12-16-40-37(42-31)44-17-13-28-20-29(10-11-30(28)23-44)32-26(3)41-27(4)33(35(36(46)47)49-38(5,6)7)34(32)43-18-14-39(8,9)15-19-43/h10-12,16,20,24-25,35H,13-15,17-19,21-23H2,1-9H3,(H,46,47)/t24-,25+,35-/m0/s1. The molecule has 264 valence electrons. The lowest BCUT2D eigenvalue weighted by molar-refractivity contribution is -0.160. The van der Waals surface area contributed by atoms with Gasteiger partial charge in [-0.3, -0.25) is 4.98 Å². The van der Waals surface area contributed by atoms with Gasteiger partial charge >= 0.3 is 5.97 Å². The smallest absolute Gasteiger partial charge is 0.337 e. The number of ether oxygens (including phenoxy) is 2. The molecule has 1 N–H and O–H groups in total. The molecule has 3 aliphatic rings. The van der Waals surface area contributed by atoms with Crippen molar-refractivity contribution in [2.24, 2.45) is 5.41 Å². The van der Waals surface area contributed by atoms with Crippen molar-refractivity contribution in [2.75, 3.05) is 47.4 Å². The van der Waals surface area contributed by atoms with E-state index in [1.54, 1.807) is 0 Å². The topological polar surface area (TPSA) is 104 Å². The van der Waals surface area contributed by atoms with Crippen LogP contribution in [-0.2, 0) is 27.2 Å². The number of benzene rings is 1. The number of morpholine rings is 1. The number of aliphatic carboxylic acids is 1. The van der Waals surface area contributed by atoms with Crippen LogP contribution >= 0.6 is 0 Å². The molecule has 2 fully saturated rings. The van der Waals surface area contributed by atoms with Gasteiger partial charge in [-0.25, -0.2) is 9.78 Å². The van der Waals surface area contributed by atoms with Crippen LogP contribution < -0.4 is 14.7 Å². The first-order valence-corrected chi connectivity index (χ1v) is 17.9. The summed E-state index contributed by atoms with van der Waals surface area (Å²) in [6, 6.07) is 8.68. The van der Waals surface area contributed by atoms with Gasteiger partial charge in [-0.05, 0) is 95.9 Å². The number of nitrogens with zero attached hydrogens (tertiary/aromatic N) is 6. The molecule has 0 amide bonds. The lowest BCUT2D eigenvalue weighted by Gasteiger charge is -2.41. The number of hydrogen-bond acceptors (Lipinski definition) is 9. The van der Waals surface area contributed by atoms with Gasteiger partial charge < -0.3 is 29.3 Å². The summed E-state index contributed by atoms with van der Waals surface area (Å²) in [4.78, 5) is 34.5. The van der Waals surface area contributed by atoms with Crippen LogP contribution in [0.25, 0.3) is 11.1 Å². The first-order valence-electron chi connectivity index (χ1n) is 17.9. The Hall–Kier alpha value is -3.76. The average molecular weight is 671 g/mol. The summed E-state index contributed by atoms with van der Waals surface area (Å²) in [6.07, 6.45) is 3.94. The van der Waals surface area contributed by atoms with E-state index in [4.69, 9.17) is 19.4 Å². The summed E-state index contributed by atoms with van der Waals surface area (Å²) in [5.74, 6) is 0.689. The average Bonchev–Trinajstić information content (AvgIpc) is 3.02. The molecule has 6 rings (SSSR count). The summed E-state index contributed by atoms with van der Waals surface area (Å²) in [5, 5.41) is 10.5. The highest BCUT2D eigenvalue weighted by atomic mass is 16.5. The zero-order valence-corrected chi connectivity index (χ0v) is 30.8. The first-order chi connectivity index (χ1) is 23.1. The van der Waals surface area contributed by atoms with E-state index in [9.17, 15) is 9.90 Å². The van der Waals surface area contributed by atoms with Gasteiger partial charge in [0.25, 0.3) is 0 Å². The van der Waals surface area contributed by atoms with E-state index in [-0.39, 0.29) is 17.6 Å². The molecular weight excluding hydrogens is 616 g/mol. The maximum absolute atomic E-state index is 12.9. The highest BCUT2D eigenvalue weighted by Crippen LogP contribution is 2.45. The van der Waals surface area contributed by atoms with E-state index >= 15 is 0 Å². The van der Waals surface area contributed by atoms with Crippen LogP contribution in [-0.4, -0.2) is 76.6 Å². The fourth-order valence-electron chi connectivity index (χ4n) is 7.67. The number of rotatable bonds is 7. The van der Waals surface area contributed by atoms with Crippen molar-refractivity contribution in [2.45, 2.75) is 112 Å². The first kappa shape index (κ1) is 35.1. The summed E-state index contributed by atoms with van der Waals surface area (Å²) in [7, 11) is 0. The molecular formula is C39H54N6O4. The minimum absolute atomic E-state index is 0.157. The Morgan fingerprint density at radius 1 is 0.959 bits per heavy atom. The second-order valence-electron chi connectivity index (χ2n) is 16.1. The van der Waals surface area contributed by atoms with Crippen molar-refractivity contribution < 1.29 is 19.4 Å². The molecule has 3 aromatic rings. The van der Waals surface area contributed by atoms with E-state index in [0.717, 1.165) is 92.8 Å². The van der Waals surface area contributed by atoms with Crippen molar-refractivity contribution in [1.29, 1.82) is 0 Å². The number of hydrogen-bond donors (Lipinski definition) is 1. The maximum atomic E-state index is 12.9. The molecule has 5 heterocycles. The van der Waals surface area contributed by atoms with Gasteiger partial charge in [-0.1, -0.05) is 32.0 Å². The minimum Gasteiger partial charge on any atom is -0.479 e. The lowest BCUT2D eigenvalue weighted by Crippen LogP contribution is -2.46. The molecule has 0 aliphatic carbocycles. The number of carboxylic acids is 1. The normalized spacial score (nSPS) is 21.8. The van der Waals surface area contributed by atoms with Gasteiger partial charge in [0.05, 0.1) is 23.5 Å². The van der Waals surface area contributed by atoms with E-state index in [1.165, 1.54) is 11.1 Å². The number of pyridine rings is 1. The second-order valence-corrected chi connectivity index (χ2v) is 16.1. The van der Waals surface area contributed by atoms with Crippen molar-refractivity contribution >= 4 is 23.4 Å². The van der Waals surface area contributed by atoms with Gasteiger partial charge in [-0.2, -0.15) is 4.98 Å². The Morgan fingerprint density at radius 2 is 1.65 bits per heavy atom. The molecule has 0 radical (unpaired) electrons. The predicted octanol–water partition coefficient (Wildman–Crippen LogP) is 6.90. The fourth-order valence-corrected chi connectivity index (χ4v) is 7.67. The van der Waals surface area contributed by atoms with Crippen LogP contribution in [0.5, 0.6) is 0 Å². The monoisotopic (exact) mass is 670 g/mol. The highest BCUT2D eigenvalue weighted by molar-refractivity contribution is 5.88. The van der Waals surface area contributed by atoms with Gasteiger partial charge in [0.15, 0.2) is 6.10 Å². The van der Waals surface area contributed by atoms with Gasteiger partial charge in [-0.15, -0.1) is 0 Å². The van der Waals surface area contributed by atoms with E-state index in [0.29, 0.717) is 11.3 Å². The molecule has 2 aromatic heterocycles. The van der Waals surface area contributed by atoms with Gasteiger partial charge in [0.1, 0.15) is 5.82 Å². The van der Waals surface area contributed by atoms with E-state index in [2.05, 4.69) is 65.6 Å². The molecule has 3 atom stereocenters. The van der Waals surface area contributed by atoms with Crippen molar-refractivity contribution in [3.8, 4) is 11.1 Å². The zero-order chi connectivity index (χ0) is 35.2. The minimum atomic E-state index is -1.14. The molecule has 49 heavy (non-hydrogen) atoms. The molecule has 3 aliphatic heterocycles. The van der Waals surface area contributed by atoms with Crippen LogP contribution in [0.15, 0.2) is 30.5 Å². The molecule has 0 bridgehead atoms. The maximum Gasteiger partial charge on any atom is 0.337 e. The molecule has 2 saturated heterocycles. The number of fused-ring (bicyclic) bond motifs is 1. The van der Waals surface area contributed by atoms with Crippen LogP contribution in [0.1, 0.15) is 95.5 Å². The van der Waals surface area contributed by atoms with Gasteiger partial charge in [0, 0.05) is 68.0 Å². The van der Waals surface area contributed by atoms with Crippen LogP contribution in [0.3, 0.4) is 0 Å². The number of aromatic nitrogens is 3. The van der Waals surface area contributed by atoms with Crippen LogP contribution in [0.2, 0.25) is 0 Å². The van der Waals surface area contributed by atoms with Crippen molar-refractivity contribution in [1.82, 2.24) is 15.0 Å². The molecule has 10 nitrogen and oxygen atoms in total. The Kier molecular flexibility index (Phi) is 9.67. The Morgan fingerprint density at radius 3 is 2.31 bits per heavy atom. The summed E-state index contributed by atoms with van der Waals surface area (Å²) in [6.45, 7) is 23.4. The number of aryl methyl sites for hydroxylation is 2. The number of carbonyl (C=O) groups is 1. The SMILES string of the molecule is Cc1nc(C)c([C@H](OC(C)(C)C)C(=O)O)c(N2CCC(C)(C)CC2)c1-c1ccc2c(c1)CCN(c1nccc(N3C[C@@H](C)O[C@@H](C)C3)n1)C2. The molecule has 1 aromatic carbocycles. The van der Waals surface area contributed by atoms with Crippen LogP contribution in [0.4, 0.5) is 17.5 Å². The van der Waals surface area contributed by atoms with Crippen molar-refractivity contribution in [3.63, 3.8) is 0 Å². The summed E-state index contributed by atoms with van der Waals surface area (Å²) in [5.41, 5.74) is 7.39. The zero-order valence-electron chi connectivity index (χ0n) is 30.8. The van der Waals surface area contributed by atoms with Crippen LogP contribution in [0, 0.1) is 19.3 Å². The summed E-state index contributed by atoms with van der Waals surface area (Å²) >= 11 is 0. The molecule has 0 unspecified atom stereocenters. The van der Waals surface area contributed by atoms with E-state index < -0.39 is 17.7 Å². The third-order valence-electron chi connectivity index (χ3n) is 10.1. The fraction of sp³-hybridized carbons (Fsp3) is 0.590. The molecule has 0 spiro atoms. The Balaban J connectivity index is 1.36. The quantitative estimate of drug-likeness (QED) is 0.286. The predicted molar refractivity (Wildman–Crippen MR) is 195 cm³/mol. The third-order valence-corrected chi connectivity index (χ3v) is 10.1. The Bertz CT molecular complexity index is 1680.